The van der Waals surface area contributed by atoms with Gasteiger partial charge in [-0.3, -0.25) is 0 Å². The lowest BCUT2D eigenvalue weighted by atomic mass is 10.1. The predicted octanol–water partition coefficient (Wildman–Crippen LogP) is 1.80. The Bertz CT molecular complexity index is 622. The third kappa shape index (κ3) is 3.53. The van der Waals surface area contributed by atoms with Gasteiger partial charge in [-0.2, -0.15) is 0 Å². The Balaban J connectivity index is 2.00. The quantitative estimate of drug-likeness (QED) is 0.648. The van der Waals surface area contributed by atoms with Crippen LogP contribution in [0.3, 0.4) is 0 Å². The van der Waals surface area contributed by atoms with Crippen molar-refractivity contribution in [1.82, 2.24) is 9.55 Å². The number of benzene rings is 1. The Morgan fingerprint density at radius 2 is 2.24 bits per heavy atom. The van der Waals surface area contributed by atoms with Gasteiger partial charge in [0.25, 0.3) is 0 Å². The maximum absolute atomic E-state index is 12.1. The molecule has 0 saturated heterocycles. The number of aryl methyl sites for hydroxylation is 1. The van der Waals surface area contributed by atoms with E-state index >= 15 is 0 Å². The van der Waals surface area contributed by atoms with Crippen LogP contribution in [0.2, 0.25) is 0 Å². The first-order chi connectivity index (χ1) is 10.1. The zero-order chi connectivity index (χ0) is 15.2. The van der Waals surface area contributed by atoms with Crippen molar-refractivity contribution in [2.45, 2.75) is 13.3 Å². The number of nitrogen functional groups attached to an aromatic ring is 1. The molecule has 0 saturated carbocycles. The summed E-state index contributed by atoms with van der Waals surface area (Å²) in [5, 5.41) is 0. The summed E-state index contributed by atoms with van der Waals surface area (Å²) in [6.45, 7) is 2.52. The van der Waals surface area contributed by atoms with E-state index in [1.807, 2.05) is 24.7 Å². The Hall–Kier alpha value is -2.50. The number of nitrogens with zero attached hydrogens (tertiary/aromatic N) is 2. The van der Waals surface area contributed by atoms with Gasteiger partial charge in [0.05, 0.1) is 18.9 Å². The minimum atomic E-state index is -0.444. The van der Waals surface area contributed by atoms with Gasteiger partial charge >= 0.3 is 5.97 Å². The number of rotatable bonds is 6. The van der Waals surface area contributed by atoms with Crippen LogP contribution in [-0.2, 0) is 18.2 Å². The topological polar surface area (TPSA) is 79.4 Å². The SMILES string of the molecule is CCOc1c(N)cccc1C(=O)OCCc1nccn1C. The van der Waals surface area contributed by atoms with Gasteiger partial charge in [-0.15, -0.1) is 0 Å². The van der Waals surface area contributed by atoms with Gasteiger partial charge in [-0.05, 0) is 19.1 Å². The summed E-state index contributed by atoms with van der Waals surface area (Å²) in [6.07, 6.45) is 4.12. The highest BCUT2D eigenvalue weighted by molar-refractivity contribution is 5.94. The maximum Gasteiger partial charge on any atom is 0.342 e. The number of hydrogen-bond acceptors (Lipinski definition) is 5. The molecule has 112 valence electrons. The molecule has 0 unspecified atom stereocenters. The molecule has 0 aliphatic rings. The number of imidazole rings is 1. The second-order valence-corrected chi connectivity index (χ2v) is 4.50. The van der Waals surface area contributed by atoms with Gasteiger partial charge < -0.3 is 19.8 Å². The second kappa shape index (κ2) is 6.78. The molecular weight excluding hydrogens is 270 g/mol. The third-order valence-electron chi connectivity index (χ3n) is 3.03. The van der Waals surface area contributed by atoms with Crippen LogP contribution >= 0.6 is 0 Å². The zero-order valence-electron chi connectivity index (χ0n) is 12.2. The summed E-state index contributed by atoms with van der Waals surface area (Å²) >= 11 is 0. The zero-order valence-corrected chi connectivity index (χ0v) is 12.2. The van der Waals surface area contributed by atoms with Gasteiger partial charge in [-0.1, -0.05) is 6.07 Å². The molecule has 21 heavy (non-hydrogen) atoms. The van der Waals surface area contributed by atoms with Crippen LogP contribution in [0.4, 0.5) is 5.69 Å². The molecule has 1 heterocycles. The van der Waals surface area contributed by atoms with E-state index in [0.717, 1.165) is 5.82 Å². The van der Waals surface area contributed by atoms with Gasteiger partial charge in [0.15, 0.2) is 5.75 Å². The van der Waals surface area contributed by atoms with Gasteiger partial charge in [-0.25, -0.2) is 9.78 Å². The van der Waals surface area contributed by atoms with E-state index in [4.69, 9.17) is 15.2 Å². The Morgan fingerprint density at radius 1 is 1.43 bits per heavy atom. The molecule has 6 nitrogen and oxygen atoms in total. The maximum atomic E-state index is 12.1. The molecular formula is C15H19N3O3. The first-order valence-electron chi connectivity index (χ1n) is 6.78. The van der Waals surface area contributed by atoms with E-state index in [0.29, 0.717) is 30.0 Å². The van der Waals surface area contributed by atoms with Crippen molar-refractivity contribution in [3.8, 4) is 5.75 Å². The molecule has 2 rings (SSSR count). The molecule has 0 bridgehead atoms. The molecule has 0 atom stereocenters. The van der Waals surface area contributed by atoms with E-state index in [9.17, 15) is 4.79 Å². The fraction of sp³-hybridized carbons (Fsp3) is 0.333. The Morgan fingerprint density at radius 3 is 2.90 bits per heavy atom. The summed E-state index contributed by atoms with van der Waals surface area (Å²) < 4.78 is 12.6. The summed E-state index contributed by atoms with van der Waals surface area (Å²) in [7, 11) is 1.90. The highest BCUT2D eigenvalue weighted by Crippen LogP contribution is 2.27. The van der Waals surface area contributed by atoms with E-state index < -0.39 is 5.97 Å². The normalized spacial score (nSPS) is 10.4. The molecule has 1 aromatic heterocycles. The van der Waals surface area contributed by atoms with Crippen molar-refractivity contribution in [1.29, 1.82) is 0 Å². The average Bonchev–Trinajstić information content (AvgIpc) is 2.87. The van der Waals surface area contributed by atoms with Crippen LogP contribution in [0.1, 0.15) is 23.1 Å². The van der Waals surface area contributed by atoms with Crippen LogP contribution in [0, 0.1) is 0 Å². The number of ether oxygens (including phenoxy) is 2. The second-order valence-electron chi connectivity index (χ2n) is 4.50. The Kier molecular flexibility index (Phi) is 4.81. The van der Waals surface area contributed by atoms with Crippen LogP contribution < -0.4 is 10.5 Å². The fourth-order valence-corrected chi connectivity index (χ4v) is 1.97. The number of nitrogens with two attached hydrogens (primary N) is 1. The number of anilines is 1. The lowest BCUT2D eigenvalue weighted by Gasteiger charge is -2.12. The lowest BCUT2D eigenvalue weighted by Crippen LogP contribution is -2.12. The molecule has 0 fully saturated rings. The van der Waals surface area contributed by atoms with Crippen LogP contribution in [-0.4, -0.2) is 28.7 Å². The van der Waals surface area contributed by atoms with E-state index in [2.05, 4.69) is 4.98 Å². The minimum Gasteiger partial charge on any atom is -0.491 e. The Labute approximate surface area is 123 Å². The number of carbonyl (C=O) groups excluding carboxylic acids is 1. The van der Waals surface area contributed by atoms with Crippen molar-refractivity contribution in [3.05, 3.63) is 42.0 Å². The highest BCUT2D eigenvalue weighted by atomic mass is 16.5. The lowest BCUT2D eigenvalue weighted by molar-refractivity contribution is 0.0502. The predicted molar refractivity (Wildman–Crippen MR) is 79.2 cm³/mol. The number of esters is 1. The van der Waals surface area contributed by atoms with E-state index in [1.165, 1.54) is 0 Å². The van der Waals surface area contributed by atoms with E-state index in [-0.39, 0.29) is 6.61 Å². The molecule has 2 aromatic rings. The molecule has 0 radical (unpaired) electrons. The molecule has 0 aliphatic carbocycles. The van der Waals surface area contributed by atoms with Crippen LogP contribution in [0.25, 0.3) is 0 Å². The van der Waals surface area contributed by atoms with Gasteiger partial charge in [0.2, 0.25) is 0 Å². The monoisotopic (exact) mass is 289 g/mol. The number of aromatic nitrogens is 2. The summed E-state index contributed by atoms with van der Waals surface area (Å²) in [5.74, 6) is 0.794. The van der Waals surface area contributed by atoms with Crippen molar-refractivity contribution >= 4 is 11.7 Å². The standard InChI is InChI=1S/C15H19N3O3/c1-3-20-14-11(5-4-6-12(14)16)15(19)21-10-7-13-17-8-9-18(13)2/h4-6,8-9H,3,7,10,16H2,1-2H3. The molecule has 0 spiro atoms. The minimum absolute atomic E-state index is 0.254. The molecule has 2 N–H and O–H groups in total. The van der Waals surface area contributed by atoms with Crippen LogP contribution in [0.5, 0.6) is 5.75 Å². The fourth-order valence-electron chi connectivity index (χ4n) is 1.97. The third-order valence-corrected chi connectivity index (χ3v) is 3.03. The van der Waals surface area contributed by atoms with Crippen molar-refractivity contribution in [2.75, 3.05) is 18.9 Å². The smallest absolute Gasteiger partial charge is 0.342 e. The molecule has 6 heteroatoms. The molecule has 0 amide bonds. The first kappa shape index (κ1) is 14.9. The average molecular weight is 289 g/mol. The molecule has 0 aliphatic heterocycles. The largest absolute Gasteiger partial charge is 0.491 e. The number of para-hydroxylation sites is 1. The number of carbonyl (C=O) groups is 1. The summed E-state index contributed by atoms with van der Waals surface area (Å²) in [4.78, 5) is 16.3. The summed E-state index contributed by atoms with van der Waals surface area (Å²) in [6, 6.07) is 5.04. The van der Waals surface area contributed by atoms with Crippen molar-refractivity contribution < 1.29 is 14.3 Å². The molecule has 1 aromatic carbocycles. The summed E-state index contributed by atoms with van der Waals surface area (Å²) in [5.41, 5.74) is 6.60. The highest BCUT2D eigenvalue weighted by Gasteiger charge is 2.16. The first-order valence-corrected chi connectivity index (χ1v) is 6.78. The number of hydrogen-bond donors (Lipinski definition) is 1. The van der Waals surface area contributed by atoms with Gasteiger partial charge in [0.1, 0.15) is 11.4 Å². The van der Waals surface area contributed by atoms with Gasteiger partial charge in [0, 0.05) is 25.9 Å². The van der Waals surface area contributed by atoms with Crippen LogP contribution in [0.15, 0.2) is 30.6 Å². The van der Waals surface area contributed by atoms with E-state index in [1.54, 1.807) is 24.4 Å². The van der Waals surface area contributed by atoms with Crippen molar-refractivity contribution in [3.63, 3.8) is 0 Å². The van der Waals surface area contributed by atoms with Crippen molar-refractivity contribution in [2.24, 2.45) is 7.05 Å².